The summed E-state index contributed by atoms with van der Waals surface area (Å²) in [6, 6.07) is 0. The van der Waals surface area contributed by atoms with Gasteiger partial charge in [-0.1, -0.05) is 19.9 Å². The van der Waals surface area contributed by atoms with Gasteiger partial charge in [0.2, 0.25) is 0 Å². The van der Waals surface area contributed by atoms with E-state index in [1.54, 1.807) is 0 Å². The minimum Gasteiger partial charge on any atom is -0.396 e. The van der Waals surface area contributed by atoms with Gasteiger partial charge in [0.25, 0.3) is 0 Å². The molecule has 0 fully saturated rings. The van der Waals surface area contributed by atoms with Crippen molar-refractivity contribution >= 4 is 0 Å². The minimum atomic E-state index is -0.360. The van der Waals surface area contributed by atoms with Crippen LogP contribution in [0.4, 0.5) is 0 Å². The summed E-state index contributed by atoms with van der Waals surface area (Å²) in [4.78, 5) is 0. The van der Waals surface area contributed by atoms with Gasteiger partial charge in [-0.2, -0.15) is 0 Å². The molecule has 0 aromatic rings. The maximum Gasteiger partial charge on any atom is 0.0770 e. The summed E-state index contributed by atoms with van der Waals surface area (Å²) in [5, 5.41) is 18.0. The molecule has 0 aromatic heterocycles. The van der Waals surface area contributed by atoms with Crippen LogP contribution in [-0.2, 0) is 0 Å². The van der Waals surface area contributed by atoms with Crippen molar-refractivity contribution in [1.29, 1.82) is 0 Å². The van der Waals surface area contributed by atoms with Crippen LogP contribution in [-0.4, -0.2) is 22.9 Å². The lowest BCUT2D eigenvalue weighted by Crippen LogP contribution is -2.15. The highest BCUT2D eigenvalue weighted by Gasteiger charge is 2.09. The maximum atomic E-state index is 9.47. The third-order valence-corrected chi connectivity index (χ3v) is 1.69. The lowest BCUT2D eigenvalue weighted by molar-refractivity contribution is 0.159. The van der Waals surface area contributed by atoms with Gasteiger partial charge in [0.05, 0.1) is 6.10 Å². The topological polar surface area (TPSA) is 40.5 Å². The first kappa shape index (κ1) is 10.7. The summed E-state index contributed by atoms with van der Waals surface area (Å²) in [6.07, 6.45) is 2.15. The van der Waals surface area contributed by atoms with Crippen LogP contribution in [0.1, 0.15) is 27.2 Å². The summed E-state index contributed by atoms with van der Waals surface area (Å²) in [5.74, 6) is 0.255. The number of aliphatic hydroxyl groups excluding tert-OH is 2. The molecule has 0 aliphatic heterocycles. The lowest BCUT2D eigenvalue weighted by Gasteiger charge is -2.14. The molecule has 66 valence electrons. The Hall–Kier alpha value is -0.340. The van der Waals surface area contributed by atoms with E-state index in [2.05, 4.69) is 0 Å². The second kappa shape index (κ2) is 5.33. The molecule has 0 amide bonds. The van der Waals surface area contributed by atoms with E-state index < -0.39 is 0 Å². The van der Waals surface area contributed by atoms with E-state index >= 15 is 0 Å². The molecule has 2 N–H and O–H groups in total. The van der Waals surface area contributed by atoms with Gasteiger partial charge >= 0.3 is 0 Å². The molecule has 0 spiro atoms. The molecule has 1 atom stereocenters. The van der Waals surface area contributed by atoms with Crippen molar-refractivity contribution < 1.29 is 10.2 Å². The third-order valence-electron chi connectivity index (χ3n) is 1.69. The minimum absolute atomic E-state index is 0.155. The van der Waals surface area contributed by atoms with Crippen LogP contribution in [0.2, 0.25) is 0 Å². The van der Waals surface area contributed by atoms with Crippen LogP contribution in [0.5, 0.6) is 0 Å². The van der Waals surface area contributed by atoms with Gasteiger partial charge in [-0.15, -0.1) is 0 Å². The predicted molar refractivity (Wildman–Crippen MR) is 46.3 cm³/mol. The van der Waals surface area contributed by atoms with Gasteiger partial charge in [0, 0.05) is 6.61 Å². The number of hydrogen-bond acceptors (Lipinski definition) is 2. The van der Waals surface area contributed by atoms with Crippen molar-refractivity contribution in [3.05, 3.63) is 11.6 Å². The fourth-order valence-corrected chi connectivity index (χ4v) is 0.939. The van der Waals surface area contributed by atoms with Crippen molar-refractivity contribution in [1.82, 2.24) is 0 Å². The van der Waals surface area contributed by atoms with E-state index in [9.17, 15) is 5.11 Å². The van der Waals surface area contributed by atoms with E-state index in [0.717, 1.165) is 5.57 Å². The highest BCUT2D eigenvalue weighted by Crippen LogP contribution is 2.11. The number of aliphatic hydroxyl groups is 2. The Bertz CT molecular complexity index is 128. The van der Waals surface area contributed by atoms with Crippen molar-refractivity contribution in [2.75, 3.05) is 6.61 Å². The van der Waals surface area contributed by atoms with E-state index in [1.165, 1.54) is 0 Å². The molecule has 0 bridgehead atoms. The zero-order valence-corrected chi connectivity index (χ0v) is 7.54. The summed E-state index contributed by atoms with van der Waals surface area (Å²) >= 11 is 0. The molecule has 2 nitrogen and oxygen atoms in total. The Morgan fingerprint density at radius 2 is 2.00 bits per heavy atom. The highest BCUT2D eigenvalue weighted by atomic mass is 16.3. The van der Waals surface area contributed by atoms with Crippen LogP contribution >= 0.6 is 0 Å². The van der Waals surface area contributed by atoms with Crippen LogP contribution < -0.4 is 0 Å². The molecule has 0 saturated heterocycles. The van der Waals surface area contributed by atoms with Crippen LogP contribution in [0.15, 0.2) is 11.6 Å². The van der Waals surface area contributed by atoms with Crippen LogP contribution in [0.3, 0.4) is 0 Å². The van der Waals surface area contributed by atoms with Gasteiger partial charge < -0.3 is 10.2 Å². The first-order valence-electron chi connectivity index (χ1n) is 4.05. The van der Waals surface area contributed by atoms with Crippen molar-refractivity contribution in [2.24, 2.45) is 5.92 Å². The quantitative estimate of drug-likeness (QED) is 0.606. The molecule has 0 aromatic carbocycles. The summed E-state index contributed by atoms with van der Waals surface area (Å²) < 4.78 is 0. The molecule has 0 aliphatic rings. The van der Waals surface area contributed by atoms with E-state index in [0.29, 0.717) is 6.42 Å². The zero-order chi connectivity index (χ0) is 8.85. The largest absolute Gasteiger partial charge is 0.396 e. The summed E-state index contributed by atoms with van der Waals surface area (Å²) in [7, 11) is 0. The Labute approximate surface area is 68.6 Å². The number of hydrogen-bond donors (Lipinski definition) is 2. The summed E-state index contributed by atoms with van der Waals surface area (Å²) in [6.45, 7) is 5.99. The fourth-order valence-electron chi connectivity index (χ4n) is 0.939. The monoisotopic (exact) mass is 158 g/mol. The molecule has 0 heterocycles. The first-order valence-corrected chi connectivity index (χ1v) is 4.05. The molecular weight excluding hydrogens is 140 g/mol. The molecule has 0 radical (unpaired) electrons. The molecular formula is C9H18O2. The number of rotatable bonds is 4. The smallest absolute Gasteiger partial charge is 0.0770 e. The Kier molecular flexibility index (Phi) is 5.16. The maximum absolute atomic E-state index is 9.47. The molecule has 0 rings (SSSR count). The molecule has 11 heavy (non-hydrogen) atoms. The van der Waals surface area contributed by atoms with Gasteiger partial charge in [0.15, 0.2) is 0 Å². The lowest BCUT2D eigenvalue weighted by atomic mass is 10.00. The molecule has 1 unspecified atom stereocenters. The van der Waals surface area contributed by atoms with E-state index in [-0.39, 0.29) is 18.6 Å². The van der Waals surface area contributed by atoms with Gasteiger partial charge in [-0.05, 0) is 24.8 Å². The summed E-state index contributed by atoms with van der Waals surface area (Å²) in [5.41, 5.74) is 0.953. The third kappa shape index (κ3) is 4.17. The standard InChI is InChI=1S/C9H18O2/c1-7(2)9(11)8(3)5-4-6-10/h5,7,9-11H,4,6H2,1-3H3. The average molecular weight is 158 g/mol. The fraction of sp³-hybridized carbons (Fsp3) is 0.778. The van der Waals surface area contributed by atoms with Gasteiger partial charge in [-0.3, -0.25) is 0 Å². The van der Waals surface area contributed by atoms with Crippen LogP contribution in [0, 0.1) is 5.92 Å². The Morgan fingerprint density at radius 1 is 1.45 bits per heavy atom. The van der Waals surface area contributed by atoms with Crippen molar-refractivity contribution in [3.63, 3.8) is 0 Å². The van der Waals surface area contributed by atoms with Crippen LogP contribution in [0.25, 0.3) is 0 Å². The van der Waals surface area contributed by atoms with Crippen molar-refractivity contribution in [2.45, 2.75) is 33.3 Å². The Balaban J connectivity index is 3.89. The zero-order valence-electron chi connectivity index (χ0n) is 7.54. The van der Waals surface area contributed by atoms with Gasteiger partial charge in [-0.25, -0.2) is 0 Å². The average Bonchev–Trinajstić information content (AvgIpc) is 1.98. The SMILES string of the molecule is CC(=CCCO)C(O)C(C)C. The van der Waals surface area contributed by atoms with E-state index in [4.69, 9.17) is 5.11 Å². The van der Waals surface area contributed by atoms with Gasteiger partial charge in [0.1, 0.15) is 0 Å². The van der Waals surface area contributed by atoms with Crippen molar-refractivity contribution in [3.8, 4) is 0 Å². The molecule has 2 heteroatoms. The normalized spacial score (nSPS) is 15.6. The predicted octanol–water partition coefficient (Wildman–Crippen LogP) is 1.33. The molecule has 0 aliphatic carbocycles. The molecule has 0 saturated carbocycles. The second-order valence-electron chi connectivity index (χ2n) is 3.15. The van der Waals surface area contributed by atoms with E-state index in [1.807, 2.05) is 26.8 Å². The second-order valence-corrected chi connectivity index (χ2v) is 3.15. The highest BCUT2D eigenvalue weighted by molar-refractivity contribution is 5.05. The Morgan fingerprint density at radius 3 is 2.36 bits per heavy atom. The first-order chi connectivity index (χ1) is 5.09.